The predicted molar refractivity (Wildman–Crippen MR) is 53.1 cm³/mol. The molecule has 0 aliphatic carbocycles. The molecule has 0 saturated heterocycles. The maximum absolute atomic E-state index is 13.3. The molecule has 2 N–H and O–H groups in total. The average Bonchev–Trinajstić information content (AvgIpc) is 2.16. The third kappa shape index (κ3) is 2.82. The molecule has 0 aliphatic heterocycles. The molecule has 16 heavy (non-hydrogen) atoms. The van der Waals surface area contributed by atoms with Gasteiger partial charge in [-0.25, -0.2) is 4.39 Å². The highest BCUT2D eigenvalue weighted by Gasteiger charge is 2.31. The number of nitrogens with two attached hydrogens (primary N) is 1. The average molecular weight is 233 g/mol. The van der Waals surface area contributed by atoms with Crippen molar-refractivity contribution in [3.05, 3.63) is 47.8 Å². The van der Waals surface area contributed by atoms with Crippen LogP contribution in [-0.4, -0.2) is 0 Å². The van der Waals surface area contributed by atoms with E-state index >= 15 is 0 Å². The number of alkyl halides is 3. The summed E-state index contributed by atoms with van der Waals surface area (Å²) in [4.78, 5) is 0. The van der Waals surface area contributed by atoms with Gasteiger partial charge in [0, 0.05) is 11.6 Å². The molecule has 0 amide bonds. The molecule has 0 heterocycles. The van der Waals surface area contributed by atoms with Gasteiger partial charge in [0.05, 0.1) is 5.56 Å². The molecule has 0 fully saturated rings. The normalized spacial score (nSPS) is 13.6. The van der Waals surface area contributed by atoms with E-state index < -0.39 is 23.6 Å². The lowest BCUT2D eigenvalue weighted by Gasteiger charge is -2.13. The maximum Gasteiger partial charge on any atom is 0.416 e. The highest BCUT2D eigenvalue weighted by molar-refractivity contribution is 5.28. The van der Waals surface area contributed by atoms with Crippen LogP contribution in [0.15, 0.2) is 30.9 Å². The van der Waals surface area contributed by atoms with Crippen LogP contribution in [0.4, 0.5) is 17.6 Å². The standard InChI is InChI=1S/C11H11F4N/c1-2-3-10(16)8-5-4-7(6-9(8)12)11(13,14)15/h2,4-6,10H,1,3,16H2/t10-/m1/s1. The highest BCUT2D eigenvalue weighted by Crippen LogP contribution is 2.31. The minimum Gasteiger partial charge on any atom is -0.324 e. The van der Waals surface area contributed by atoms with Crippen molar-refractivity contribution in [1.29, 1.82) is 0 Å². The van der Waals surface area contributed by atoms with E-state index in [0.717, 1.165) is 12.1 Å². The lowest BCUT2D eigenvalue weighted by molar-refractivity contribution is -0.137. The largest absolute Gasteiger partial charge is 0.416 e. The molecule has 0 unspecified atom stereocenters. The van der Waals surface area contributed by atoms with Gasteiger partial charge in [-0.1, -0.05) is 12.1 Å². The number of rotatable bonds is 3. The fourth-order valence-electron chi connectivity index (χ4n) is 1.31. The van der Waals surface area contributed by atoms with Crippen LogP contribution in [0.1, 0.15) is 23.6 Å². The van der Waals surface area contributed by atoms with Crippen molar-refractivity contribution in [3.8, 4) is 0 Å². The molecule has 0 radical (unpaired) electrons. The van der Waals surface area contributed by atoms with Crippen LogP contribution in [0.2, 0.25) is 0 Å². The first-order valence-electron chi connectivity index (χ1n) is 4.59. The first kappa shape index (κ1) is 12.7. The van der Waals surface area contributed by atoms with Gasteiger partial charge in [-0.2, -0.15) is 13.2 Å². The van der Waals surface area contributed by atoms with Gasteiger partial charge in [0.2, 0.25) is 0 Å². The second-order valence-corrected chi connectivity index (χ2v) is 3.36. The van der Waals surface area contributed by atoms with Gasteiger partial charge >= 0.3 is 6.18 Å². The molecule has 88 valence electrons. The molecule has 1 aromatic carbocycles. The SMILES string of the molecule is C=CC[C@@H](N)c1ccc(C(F)(F)F)cc1F. The summed E-state index contributed by atoms with van der Waals surface area (Å²) < 4.78 is 50.0. The zero-order valence-corrected chi connectivity index (χ0v) is 8.39. The Morgan fingerprint density at radius 3 is 2.44 bits per heavy atom. The summed E-state index contributed by atoms with van der Waals surface area (Å²) in [6.45, 7) is 3.43. The van der Waals surface area contributed by atoms with Gasteiger partial charge in [-0.05, 0) is 18.6 Å². The molecule has 0 spiro atoms. The minimum absolute atomic E-state index is 0.0629. The molecule has 1 rings (SSSR count). The van der Waals surface area contributed by atoms with Crippen LogP contribution < -0.4 is 5.73 Å². The Labute approximate surface area is 90.6 Å². The van der Waals surface area contributed by atoms with Gasteiger partial charge in [-0.15, -0.1) is 6.58 Å². The molecule has 0 bridgehead atoms. The van der Waals surface area contributed by atoms with Crippen LogP contribution in [0.5, 0.6) is 0 Å². The van der Waals surface area contributed by atoms with E-state index in [9.17, 15) is 17.6 Å². The molecule has 1 nitrogen and oxygen atoms in total. The Bertz CT molecular complexity index is 384. The van der Waals surface area contributed by atoms with Gasteiger partial charge in [0.25, 0.3) is 0 Å². The van der Waals surface area contributed by atoms with Gasteiger partial charge in [-0.3, -0.25) is 0 Å². The summed E-state index contributed by atoms with van der Waals surface area (Å²) in [7, 11) is 0. The summed E-state index contributed by atoms with van der Waals surface area (Å²) in [6.07, 6.45) is -2.74. The summed E-state index contributed by atoms with van der Waals surface area (Å²) in [5.41, 5.74) is 4.62. The van der Waals surface area contributed by atoms with Crippen molar-refractivity contribution in [3.63, 3.8) is 0 Å². The monoisotopic (exact) mass is 233 g/mol. The van der Waals surface area contributed by atoms with Crippen LogP contribution in [0.3, 0.4) is 0 Å². The lowest BCUT2D eigenvalue weighted by Crippen LogP contribution is -2.13. The number of halogens is 4. The number of hydrogen-bond donors (Lipinski definition) is 1. The molecule has 0 aromatic heterocycles. The molecule has 0 aliphatic rings. The van der Waals surface area contributed by atoms with Gasteiger partial charge in [0.1, 0.15) is 5.82 Å². The minimum atomic E-state index is -4.54. The van der Waals surface area contributed by atoms with E-state index in [2.05, 4.69) is 6.58 Å². The lowest BCUT2D eigenvalue weighted by atomic mass is 10.0. The second-order valence-electron chi connectivity index (χ2n) is 3.36. The summed E-state index contributed by atoms with van der Waals surface area (Å²) in [6, 6.07) is 1.67. The summed E-state index contributed by atoms with van der Waals surface area (Å²) >= 11 is 0. The first-order chi connectivity index (χ1) is 7.36. The fourth-order valence-corrected chi connectivity index (χ4v) is 1.31. The van der Waals surface area contributed by atoms with Crippen molar-refractivity contribution in [2.24, 2.45) is 5.73 Å². The topological polar surface area (TPSA) is 26.0 Å². The van der Waals surface area contributed by atoms with E-state index in [-0.39, 0.29) is 5.56 Å². The third-order valence-electron chi connectivity index (χ3n) is 2.15. The molecular formula is C11H11F4N. The predicted octanol–water partition coefficient (Wildman–Crippen LogP) is 3.42. The smallest absolute Gasteiger partial charge is 0.324 e. The number of hydrogen-bond acceptors (Lipinski definition) is 1. The fraction of sp³-hybridized carbons (Fsp3) is 0.273. The van der Waals surface area contributed by atoms with Crippen LogP contribution in [0.25, 0.3) is 0 Å². The van der Waals surface area contributed by atoms with E-state index in [1.54, 1.807) is 0 Å². The van der Waals surface area contributed by atoms with Crippen molar-refractivity contribution in [2.45, 2.75) is 18.6 Å². The van der Waals surface area contributed by atoms with E-state index in [0.29, 0.717) is 12.5 Å². The highest BCUT2D eigenvalue weighted by atomic mass is 19.4. The summed E-state index contributed by atoms with van der Waals surface area (Å²) in [5, 5.41) is 0. The molecule has 1 aromatic rings. The van der Waals surface area contributed by atoms with Crippen LogP contribution in [-0.2, 0) is 6.18 Å². The molecule has 0 saturated carbocycles. The first-order valence-corrected chi connectivity index (χ1v) is 4.59. The van der Waals surface area contributed by atoms with Gasteiger partial charge in [0.15, 0.2) is 0 Å². The van der Waals surface area contributed by atoms with Crippen molar-refractivity contribution >= 4 is 0 Å². The zero-order valence-electron chi connectivity index (χ0n) is 8.39. The van der Waals surface area contributed by atoms with Crippen LogP contribution >= 0.6 is 0 Å². The maximum atomic E-state index is 13.3. The van der Waals surface area contributed by atoms with E-state index in [1.165, 1.54) is 6.08 Å². The van der Waals surface area contributed by atoms with Crippen molar-refractivity contribution in [1.82, 2.24) is 0 Å². The molecule has 1 atom stereocenters. The zero-order chi connectivity index (χ0) is 12.3. The Balaban J connectivity index is 3.05. The van der Waals surface area contributed by atoms with E-state index in [4.69, 9.17) is 5.73 Å². The quantitative estimate of drug-likeness (QED) is 0.628. The Morgan fingerprint density at radius 2 is 2.00 bits per heavy atom. The van der Waals surface area contributed by atoms with Gasteiger partial charge < -0.3 is 5.73 Å². The van der Waals surface area contributed by atoms with E-state index in [1.807, 2.05) is 0 Å². The third-order valence-corrected chi connectivity index (χ3v) is 2.15. The van der Waals surface area contributed by atoms with Crippen LogP contribution in [0, 0.1) is 5.82 Å². The van der Waals surface area contributed by atoms with Crippen molar-refractivity contribution in [2.75, 3.05) is 0 Å². The van der Waals surface area contributed by atoms with Crippen molar-refractivity contribution < 1.29 is 17.6 Å². The summed E-state index contributed by atoms with van der Waals surface area (Å²) in [5.74, 6) is -0.941. The molecular weight excluding hydrogens is 222 g/mol. The molecule has 5 heteroatoms. The second kappa shape index (κ2) is 4.65. The Morgan fingerprint density at radius 1 is 1.38 bits per heavy atom. The Kier molecular flexibility index (Phi) is 3.70. The Hall–Kier alpha value is -1.36. The number of benzene rings is 1.